The molecule has 1 aromatic carbocycles. The van der Waals surface area contributed by atoms with Crippen LogP contribution in [0.2, 0.25) is 0 Å². The molecular weight excluding hydrogens is 247 g/mol. The predicted octanol–water partition coefficient (Wildman–Crippen LogP) is 3.56. The first-order chi connectivity index (χ1) is 9.28. The van der Waals surface area contributed by atoms with Crippen LogP contribution in [0.1, 0.15) is 64.0 Å². The van der Waals surface area contributed by atoms with Gasteiger partial charge in [0, 0.05) is 0 Å². The van der Waals surface area contributed by atoms with Gasteiger partial charge in [0.15, 0.2) is 0 Å². The van der Waals surface area contributed by atoms with Gasteiger partial charge in [-0.3, -0.25) is 0 Å². The minimum atomic E-state index is -0.266. The lowest BCUT2D eigenvalue weighted by Crippen LogP contribution is -2.41. The highest BCUT2D eigenvalue weighted by molar-refractivity contribution is 6.62. The van der Waals surface area contributed by atoms with Gasteiger partial charge in [0.25, 0.3) is 0 Å². The number of hydrogen-bond acceptors (Lipinski definition) is 2. The fourth-order valence-corrected chi connectivity index (χ4v) is 2.94. The number of hydrogen-bond donors (Lipinski definition) is 0. The maximum atomic E-state index is 6.17. The number of rotatable bonds is 2. The summed E-state index contributed by atoms with van der Waals surface area (Å²) in [5, 5.41) is 0. The summed E-state index contributed by atoms with van der Waals surface area (Å²) in [5.74, 6) is 0.746. The van der Waals surface area contributed by atoms with Crippen LogP contribution in [0.25, 0.3) is 0 Å². The molecule has 0 bridgehead atoms. The zero-order chi connectivity index (χ0) is 14.5. The quantitative estimate of drug-likeness (QED) is 0.766. The van der Waals surface area contributed by atoms with Crippen molar-refractivity contribution in [2.75, 3.05) is 0 Å². The van der Waals surface area contributed by atoms with Crippen LogP contribution in [-0.4, -0.2) is 18.3 Å². The Bertz CT molecular complexity index is 502. The van der Waals surface area contributed by atoms with E-state index in [1.165, 1.54) is 35.9 Å². The third kappa shape index (κ3) is 2.31. The summed E-state index contributed by atoms with van der Waals surface area (Å²) >= 11 is 0. The lowest BCUT2D eigenvalue weighted by molar-refractivity contribution is 0.00578. The second-order valence-electron chi connectivity index (χ2n) is 7.39. The first kappa shape index (κ1) is 14.2. The van der Waals surface area contributed by atoms with Gasteiger partial charge in [0.2, 0.25) is 0 Å². The number of benzene rings is 1. The summed E-state index contributed by atoms with van der Waals surface area (Å²) in [6.45, 7) is 10.6. The Hall–Kier alpha value is -0.795. The Morgan fingerprint density at radius 1 is 1.00 bits per heavy atom. The molecule has 20 heavy (non-hydrogen) atoms. The van der Waals surface area contributed by atoms with E-state index in [0.717, 1.165) is 5.92 Å². The van der Waals surface area contributed by atoms with Crippen LogP contribution in [0.15, 0.2) is 18.2 Å². The van der Waals surface area contributed by atoms with Crippen LogP contribution >= 0.6 is 0 Å². The van der Waals surface area contributed by atoms with Gasteiger partial charge in [-0.05, 0) is 64.4 Å². The van der Waals surface area contributed by atoms with Crippen LogP contribution in [0.3, 0.4) is 0 Å². The molecule has 1 saturated heterocycles. The van der Waals surface area contributed by atoms with Gasteiger partial charge in [0.1, 0.15) is 0 Å². The van der Waals surface area contributed by atoms with E-state index in [2.05, 4.69) is 52.8 Å². The van der Waals surface area contributed by atoms with Gasteiger partial charge in [-0.25, -0.2) is 0 Å². The second-order valence-corrected chi connectivity index (χ2v) is 7.39. The summed E-state index contributed by atoms with van der Waals surface area (Å²) in [6.07, 6.45) is 4.02. The fourth-order valence-electron chi connectivity index (χ4n) is 2.94. The third-order valence-corrected chi connectivity index (χ3v) is 5.22. The van der Waals surface area contributed by atoms with Crippen molar-refractivity contribution >= 4 is 12.6 Å². The van der Waals surface area contributed by atoms with E-state index in [1.54, 1.807) is 0 Å². The van der Waals surface area contributed by atoms with Crippen molar-refractivity contribution in [1.82, 2.24) is 0 Å². The third-order valence-electron chi connectivity index (χ3n) is 5.22. The van der Waals surface area contributed by atoms with Crippen molar-refractivity contribution in [2.24, 2.45) is 0 Å². The molecule has 0 spiro atoms. The largest absolute Gasteiger partial charge is 0.494 e. The van der Waals surface area contributed by atoms with Crippen molar-refractivity contribution in [2.45, 2.75) is 71.0 Å². The van der Waals surface area contributed by atoms with Crippen LogP contribution in [0.4, 0.5) is 0 Å². The smallest absolute Gasteiger partial charge is 0.399 e. The minimum absolute atomic E-state index is 0.237. The zero-order valence-corrected chi connectivity index (χ0v) is 13.3. The van der Waals surface area contributed by atoms with Crippen LogP contribution in [0, 0.1) is 6.92 Å². The van der Waals surface area contributed by atoms with E-state index in [9.17, 15) is 0 Å². The maximum absolute atomic E-state index is 6.17. The Kier molecular flexibility index (Phi) is 3.26. The Balaban J connectivity index is 1.89. The molecule has 1 heterocycles. The summed E-state index contributed by atoms with van der Waals surface area (Å²) in [7, 11) is -0.237. The Morgan fingerprint density at radius 3 is 2.10 bits per heavy atom. The predicted molar refractivity (Wildman–Crippen MR) is 83.5 cm³/mol. The zero-order valence-electron chi connectivity index (χ0n) is 13.3. The van der Waals surface area contributed by atoms with Crippen molar-refractivity contribution in [3.63, 3.8) is 0 Å². The van der Waals surface area contributed by atoms with Gasteiger partial charge < -0.3 is 9.31 Å². The molecule has 1 aliphatic carbocycles. The molecule has 0 unspecified atom stereocenters. The molecule has 2 nitrogen and oxygen atoms in total. The summed E-state index contributed by atoms with van der Waals surface area (Å²) < 4.78 is 12.3. The van der Waals surface area contributed by atoms with Gasteiger partial charge in [-0.1, -0.05) is 30.2 Å². The fraction of sp³-hybridized carbons (Fsp3) is 0.647. The summed E-state index contributed by atoms with van der Waals surface area (Å²) in [6, 6.07) is 6.81. The van der Waals surface area contributed by atoms with Gasteiger partial charge in [-0.15, -0.1) is 0 Å². The Labute approximate surface area is 123 Å². The van der Waals surface area contributed by atoms with E-state index >= 15 is 0 Å². The first-order valence-corrected chi connectivity index (χ1v) is 7.76. The van der Waals surface area contributed by atoms with Crippen molar-refractivity contribution in [1.29, 1.82) is 0 Å². The van der Waals surface area contributed by atoms with E-state index in [4.69, 9.17) is 9.31 Å². The normalized spacial score (nSPS) is 24.8. The van der Waals surface area contributed by atoms with Crippen LogP contribution < -0.4 is 5.46 Å². The monoisotopic (exact) mass is 272 g/mol. The molecule has 1 aromatic rings. The molecule has 0 radical (unpaired) electrons. The van der Waals surface area contributed by atoms with Crippen molar-refractivity contribution in [3.8, 4) is 0 Å². The molecule has 0 N–H and O–H groups in total. The molecule has 0 amide bonds. The minimum Gasteiger partial charge on any atom is -0.399 e. The second kappa shape index (κ2) is 4.61. The van der Waals surface area contributed by atoms with Gasteiger partial charge in [-0.2, -0.15) is 0 Å². The average Bonchev–Trinajstić information content (AvgIpc) is 2.45. The van der Waals surface area contributed by atoms with E-state index in [-0.39, 0.29) is 18.3 Å². The molecule has 3 rings (SSSR count). The lowest BCUT2D eigenvalue weighted by Gasteiger charge is -2.32. The standard InChI is InChI=1S/C17H25BO2/c1-12-9-14(13-7-6-8-13)11-15(10-12)18-19-16(2,3)17(4,5)20-18/h9-11,13H,6-8H2,1-5H3. The summed E-state index contributed by atoms with van der Waals surface area (Å²) in [4.78, 5) is 0. The molecule has 0 atom stereocenters. The molecule has 108 valence electrons. The van der Waals surface area contributed by atoms with Gasteiger partial charge >= 0.3 is 7.12 Å². The van der Waals surface area contributed by atoms with E-state index in [0.29, 0.717) is 0 Å². The van der Waals surface area contributed by atoms with Crippen LogP contribution in [0.5, 0.6) is 0 Å². The maximum Gasteiger partial charge on any atom is 0.494 e. The highest BCUT2D eigenvalue weighted by atomic mass is 16.7. The SMILES string of the molecule is Cc1cc(B2OC(C)(C)C(C)(C)O2)cc(C2CCC2)c1. The van der Waals surface area contributed by atoms with Gasteiger partial charge in [0.05, 0.1) is 11.2 Å². The number of aryl methyl sites for hydroxylation is 1. The molecule has 1 aliphatic heterocycles. The highest BCUT2D eigenvalue weighted by Gasteiger charge is 2.51. The van der Waals surface area contributed by atoms with Crippen LogP contribution in [-0.2, 0) is 9.31 Å². The van der Waals surface area contributed by atoms with Crippen molar-refractivity contribution in [3.05, 3.63) is 29.3 Å². The van der Waals surface area contributed by atoms with E-state index < -0.39 is 0 Å². The molecule has 2 aliphatic rings. The Morgan fingerprint density at radius 2 is 1.60 bits per heavy atom. The average molecular weight is 272 g/mol. The van der Waals surface area contributed by atoms with E-state index in [1.807, 2.05) is 0 Å². The lowest BCUT2D eigenvalue weighted by atomic mass is 9.73. The molecular formula is C17H25BO2. The highest BCUT2D eigenvalue weighted by Crippen LogP contribution is 2.38. The molecule has 3 heteroatoms. The molecule has 1 saturated carbocycles. The van der Waals surface area contributed by atoms with Crippen molar-refractivity contribution < 1.29 is 9.31 Å². The molecule has 0 aromatic heterocycles. The molecule has 2 fully saturated rings. The summed E-state index contributed by atoms with van der Waals surface area (Å²) in [5.41, 5.74) is 3.40. The first-order valence-electron chi connectivity index (χ1n) is 7.76. The topological polar surface area (TPSA) is 18.5 Å².